The standard InChI is InChI=1S/C22H14N2O3S2/c23-13-18(20(25)15-6-2-1-3-7-15)22-24(14-16-8-4-10-27-16)21(26)19(29-22)12-17-9-5-11-28-17/h1-12H,14H2. The Morgan fingerprint density at radius 1 is 1.14 bits per heavy atom. The Bertz CT molecular complexity index is 1350. The molecule has 0 saturated carbocycles. The van der Waals surface area contributed by atoms with E-state index in [2.05, 4.69) is 0 Å². The number of nitriles is 1. The molecule has 29 heavy (non-hydrogen) atoms. The quantitative estimate of drug-likeness (QED) is 0.467. The van der Waals surface area contributed by atoms with Gasteiger partial charge in [-0.15, -0.1) is 22.7 Å². The molecule has 3 aromatic heterocycles. The lowest BCUT2D eigenvalue weighted by Gasteiger charge is -2.02. The van der Waals surface area contributed by atoms with E-state index in [9.17, 15) is 14.9 Å². The molecule has 0 aliphatic heterocycles. The van der Waals surface area contributed by atoms with Crippen LogP contribution < -0.4 is 14.8 Å². The van der Waals surface area contributed by atoms with Gasteiger partial charge in [0.15, 0.2) is 0 Å². The highest BCUT2D eigenvalue weighted by Gasteiger charge is 2.18. The number of nitrogens with zero attached hydrogens (tertiary/aromatic N) is 2. The van der Waals surface area contributed by atoms with Crippen molar-refractivity contribution in [1.82, 2.24) is 4.57 Å². The summed E-state index contributed by atoms with van der Waals surface area (Å²) in [4.78, 5) is 27.0. The molecule has 4 aromatic rings. The van der Waals surface area contributed by atoms with Gasteiger partial charge < -0.3 is 4.42 Å². The zero-order valence-corrected chi connectivity index (χ0v) is 16.7. The summed E-state index contributed by atoms with van der Waals surface area (Å²) < 4.78 is 7.60. The molecule has 0 unspecified atom stereocenters. The minimum absolute atomic E-state index is 0.0596. The number of benzene rings is 1. The number of carbonyl (C=O) groups excluding carboxylic acids is 1. The van der Waals surface area contributed by atoms with Gasteiger partial charge in [-0.05, 0) is 29.7 Å². The maximum absolute atomic E-state index is 13.1. The molecule has 3 heterocycles. The van der Waals surface area contributed by atoms with Crippen molar-refractivity contribution in [2.45, 2.75) is 6.54 Å². The first-order valence-electron chi connectivity index (χ1n) is 8.69. The number of aromatic nitrogens is 1. The highest BCUT2D eigenvalue weighted by atomic mass is 32.1. The van der Waals surface area contributed by atoms with E-state index in [1.807, 2.05) is 23.6 Å². The number of hydrogen-bond acceptors (Lipinski definition) is 6. The Hall–Kier alpha value is -3.47. The average Bonchev–Trinajstić information content (AvgIpc) is 3.50. The van der Waals surface area contributed by atoms with Crippen LogP contribution >= 0.6 is 22.7 Å². The molecule has 0 N–H and O–H groups in total. The van der Waals surface area contributed by atoms with Crippen molar-refractivity contribution in [3.63, 3.8) is 0 Å². The Kier molecular flexibility index (Phi) is 5.38. The summed E-state index contributed by atoms with van der Waals surface area (Å²) in [5, 5.41) is 11.7. The molecule has 5 nitrogen and oxygen atoms in total. The van der Waals surface area contributed by atoms with E-state index in [0.717, 1.165) is 16.2 Å². The number of ketones is 1. The number of carbonyl (C=O) groups is 1. The van der Waals surface area contributed by atoms with Crippen LogP contribution in [0, 0.1) is 11.3 Å². The Morgan fingerprint density at radius 3 is 2.62 bits per heavy atom. The molecule has 1 aromatic carbocycles. The van der Waals surface area contributed by atoms with Crippen molar-refractivity contribution in [2.75, 3.05) is 0 Å². The van der Waals surface area contributed by atoms with Crippen molar-refractivity contribution >= 4 is 40.1 Å². The van der Waals surface area contributed by atoms with E-state index in [1.165, 1.54) is 22.2 Å². The summed E-state index contributed by atoms with van der Waals surface area (Å²) in [5.41, 5.74) is 0.0809. The molecule has 0 radical (unpaired) electrons. The van der Waals surface area contributed by atoms with E-state index in [4.69, 9.17) is 4.42 Å². The molecule has 0 aliphatic rings. The summed E-state index contributed by atoms with van der Waals surface area (Å²) in [5.74, 6) is 0.156. The summed E-state index contributed by atoms with van der Waals surface area (Å²) in [6, 6.07) is 17.9. The van der Waals surface area contributed by atoms with Gasteiger partial charge in [-0.2, -0.15) is 5.26 Å². The van der Waals surface area contributed by atoms with E-state index in [-0.39, 0.29) is 17.7 Å². The van der Waals surface area contributed by atoms with E-state index in [0.29, 0.717) is 20.5 Å². The zero-order valence-electron chi connectivity index (χ0n) is 15.1. The highest BCUT2D eigenvalue weighted by molar-refractivity contribution is 7.11. The summed E-state index contributed by atoms with van der Waals surface area (Å²) >= 11 is 2.65. The van der Waals surface area contributed by atoms with Gasteiger partial charge in [-0.3, -0.25) is 14.2 Å². The van der Waals surface area contributed by atoms with Crippen LogP contribution in [-0.4, -0.2) is 10.4 Å². The topological polar surface area (TPSA) is 76.0 Å². The van der Waals surface area contributed by atoms with Gasteiger partial charge in [0.1, 0.15) is 22.1 Å². The molecular formula is C22H14N2O3S2. The predicted molar refractivity (Wildman–Crippen MR) is 113 cm³/mol. The molecule has 0 aliphatic carbocycles. The fourth-order valence-electron chi connectivity index (χ4n) is 2.84. The number of Topliss-reactive ketones (excluding diaryl/α,β-unsaturated/α-hetero) is 1. The van der Waals surface area contributed by atoms with Gasteiger partial charge in [0.25, 0.3) is 5.56 Å². The zero-order chi connectivity index (χ0) is 20.2. The van der Waals surface area contributed by atoms with Gasteiger partial charge in [0, 0.05) is 10.4 Å². The molecule has 0 atom stereocenters. The molecule has 4 rings (SSSR count). The van der Waals surface area contributed by atoms with Gasteiger partial charge in [-0.25, -0.2) is 0 Å². The van der Waals surface area contributed by atoms with Crippen LogP contribution in [-0.2, 0) is 6.54 Å². The lowest BCUT2D eigenvalue weighted by molar-refractivity contribution is 0.105. The minimum Gasteiger partial charge on any atom is -0.467 e. The number of thiazole rings is 1. The Labute approximate surface area is 173 Å². The van der Waals surface area contributed by atoms with Gasteiger partial charge in [0.2, 0.25) is 5.78 Å². The second-order valence-electron chi connectivity index (χ2n) is 6.08. The molecule has 142 valence electrons. The van der Waals surface area contributed by atoms with Crippen LogP contribution in [0.1, 0.15) is 21.0 Å². The smallest absolute Gasteiger partial charge is 0.269 e. The molecule has 0 saturated heterocycles. The first-order chi connectivity index (χ1) is 14.2. The molecule has 0 fully saturated rings. The lowest BCUT2D eigenvalue weighted by Crippen LogP contribution is -2.33. The second kappa shape index (κ2) is 8.27. The summed E-state index contributed by atoms with van der Waals surface area (Å²) in [7, 11) is 0. The van der Waals surface area contributed by atoms with Crippen molar-refractivity contribution in [1.29, 1.82) is 5.26 Å². The third-order valence-electron chi connectivity index (χ3n) is 4.21. The van der Waals surface area contributed by atoms with Crippen molar-refractivity contribution in [3.8, 4) is 6.07 Å². The van der Waals surface area contributed by atoms with Crippen LogP contribution in [0.5, 0.6) is 0 Å². The highest BCUT2D eigenvalue weighted by Crippen LogP contribution is 2.10. The van der Waals surface area contributed by atoms with E-state index in [1.54, 1.807) is 48.5 Å². The van der Waals surface area contributed by atoms with E-state index < -0.39 is 5.78 Å². The summed E-state index contributed by atoms with van der Waals surface area (Å²) in [6.45, 7) is 0.142. The maximum Gasteiger partial charge on any atom is 0.269 e. The third kappa shape index (κ3) is 3.90. The molecule has 0 spiro atoms. The largest absolute Gasteiger partial charge is 0.467 e. The van der Waals surface area contributed by atoms with Crippen LogP contribution in [0.15, 0.2) is 75.5 Å². The lowest BCUT2D eigenvalue weighted by atomic mass is 10.1. The van der Waals surface area contributed by atoms with Crippen LogP contribution in [0.4, 0.5) is 0 Å². The van der Waals surface area contributed by atoms with Crippen molar-refractivity contribution < 1.29 is 9.21 Å². The Morgan fingerprint density at radius 2 is 1.97 bits per heavy atom. The van der Waals surface area contributed by atoms with Crippen LogP contribution in [0.3, 0.4) is 0 Å². The fourth-order valence-corrected chi connectivity index (χ4v) is 4.66. The minimum atomic E-state index is -0.412. The van der Waals surface area contributed by atoms with Gasteiger partial charge in [-0.1, -0.05) is 36.4 Å². The SMILES string of the molecule is N#CC(C(=O)c1ccccc1)=c1sc(=Cc2cccs2)c(=O)n1Cc1ccco1. The van der Waals surface area contributed by atoms with E-state index >= 15 is 0 Å². The number of rotatable bonds is 5. The van der Waals surface area contributed by atoms with Crippen LogP contribution in [0.25, 0.3) is 11.6 Å². The number of thiophene rings is 1. The normalized spacial score (nSPS) is 12.6. The predicted octanol–water partition coefficient (Wildman–Crippen LogP) is 3.00. The molecule has 0 amide bonds. The first-order valence-corrected chi connectivity index (χ1v) is 10.4. The van der Waals surface area contributed by atoms with Crippen molar-refractivity contribution in [2.24, 2.45) is 0 Å². The van der Waals surface area contributed by atoms with Crippen molar-refractivity contribution in [3.05, 3.63) is 102 Å². The second-order valence-corrected chi connectivity index (χ2v) is 8.09. The van der Waals surface area contributed by atoms with Gasteiger partial charge in [0.05, 0.1) is 17.3 Å². The number of hydrogen-bond donors (Lipinski definition) is 0. The summed E-state index contributed by atoms with van der Waals surface area (Å²) in [6.07, 6.45) is 3.30. The van der Waals surface area contributed by atoms with Gasteiger partial charge >= 0.3 is 0 Å². The molecule has 0 bridgehead atoms. The molecule has 7 heteroatoms. The number of furan rings is 1. The first kappa shape index (κ1) is 18.9. The maximum atomic E-state index is 13.1. The molecular weight excluding hydrogens is 404 g/mol. The average molecular weight is 418 g/mol. The monoisotopic (exact) mass is 418 g/mol. The van der Waals surface area contributed by atoms with Crippen LogP contribution in [0.2, 0.25) is 0 Å². The third-order valence-corrected chi connectivity index (χ3v) is 6.16. The Balaban J connectivity index is 1.97. The fraction of sp³-hybridized carbons (Fsp3) is 0.0455.